The normalized spacial score (nSPS) is 13.6. The molecule has 1 aliphatic rings. The number of carbonyl (C=O) groups is 2. The second-order valence-electron chi connectivity index (χ2n) is 7.30. The molecule has 0 unspecified atom stereocenters. The van der Waals surface area contributed by atoms with Crippen LogP contribution in [0.25, 0.3) is 0 Å². The first-order valence-corrected chi connectivity index (χ1v) is 9.96. The number of piperidine rings is 1. The minimum atomic E-state index is -0.523. The second-order valence-corrected chi connectivity index (χ2v) is 7.30. The van der Waals surface area contributed by atoms with Crippen molar-refractivity contribution in [1.82, 2.24) is 4.90 Å². The summed E-state index contributed by atoms with van der Waals surface area (Å²) in [5.74, 6) is -0.265. The predicted octanol–water partition coefficient (Wildman–Crippen LogP) is 3.33. The smallest absolute Gasteiger partial charge is 0.273 e. The zero-order chi connectivity index (χ0) is 21.5. The van der Waals surface area contributed by atoms with Crippen LogP contribution in [0.2, 0.25) is 0 Å². The molecule has 1 saturated heterocycles. The molecule has 1 aliphatic heterocycles. The van der Waals surface area contributed by atoms with E-state index in [1.165, 1.54) is 23.1 Å². The standard InChI is InChI=1S/C22H25N3O5/c1-17-8-10-18(11-9-17)24(15-21(26)23-12-3-2-4-13-23)22(27)16-30-20-7-5-6-19(14-20)25(28)29/h5-11,14H,2-4,12-13,15-16H2,1H3. The SMILES string of the molecule is Cc1ccc(N(CC(=O)N2CCCCC2)C(=O)COc2cccc([N+](=O)[O-])c2)cc1. The lowest BCUT2D eigenvalue weighted by atomic mass is 10.1. The fourth-order valence-electron chi connectivity index (χ4n) is 3.34. The zero-order valence-corrected chi connectivity index (χ0v) is 17.0. The van der Waals surface area contributed by atoms with Gasteiger partial charge in [-0.3, -0.25) is 19.7 Å². The van der Waals surface area contributed by atoms with Gasteiger partial charge in [0, 0.05) is 24.8 Å². The van der Waals surface area contributed by atoms with Crippen LogP contribution in [0.3, 0.4) is 0 Å². The van der Waals surface area contributed by atoms with Gasteiger partial charge in [-0.15, -0.1) is 0 Å². The van der Waals surface area contributed by atoms with Gasteiger partial charge in [0.25, 0.3) is 11.6 Å². The van der Waals surface area contributed by atoms with Crippen LogP contribution < -0.4 is 9.64 Å². The average molecular weight is 411 g/mol. The van der Waals surface area contributed by atoms with Crippen molar-refractivity contribution in [2.24, 2.45) is 0 Å². The summed E-state index contributed by atoms with van der Waals surface area (Å²) in [5.41, 5.74) is 1.54. The zero-order valence-electron chi connectivity index (χ0n) is 17.0. The highest BCUT2D eigenvalue weighted by Crippen LogP contribution is 2.20. The molecular weight excluding hydrogens is 386 g/mol. The van der Waals surface area contributed by atoms with Crippen molar-refractivity contribution in [2.45, 2.75) is 26.2 Å². The summed E-state index contributed by atoms with van der Waals surface area (Å²) in [5, 5.41) is 10.9. The van der Waals surface area contributed by atoms with Crippen LogP contribution in [0.5, 0.6) is 5.75 Å². The Balaban J connectivity index is 1.72. The molecule has 0 radical (unpaired) electrons. The minimum absolute atomic E-state index is 0.0693. The van der Waals surface area contributed by atoms with Gasteiger partial charge in [0.05, 0.1) is 11.0 Å². The molecule has 8 nitrogen and oxygen atoms in total. The maximum absolute atomic E-state index is 12.9. The van der Waals surface area contributed by atoms with Gasteiger partial charge in [-0.05, 0) is 44.4 Å². The first-order chi connectivity index (χ1) is 14.4. The van der Waals surface area contributed by atoms with E-state index in [4.69, 9.17) is 4.74 Å². The molecule has 3 rings (SSSR count). The van der Waals surface area contributed by atoms with Gasteiger partial charge in [-0.2, -0.15) is 0 Å². The lowest BCUT2D eigenvalue weighted by Crippen LogP contribution is -2.46. The summed E-state index contributed by atoms with van der Waals surface area (Å²) in [6.07, 6.45) is 3.06. The van der Waals surface area contributed by atoms with E-state index in [1.807, 2.05) is 19.1 Å². The number of ether oxygens (including phenoxy) is 1. The number of carbonyl (C=O) groups excluding carboxylic acids is 2. The predicted molar refractivity (Wildman–Crippen MR) is 113 cm³/mol. The van der Waals surface area contributed by atoms with E-state index in [0.717, 1.165) is 24.8 Å². The number of nitrogens with zero attached hydrogens (tertiary/aromatic N) is 3. The van der Waals surface area contributed by atoms with Crippen molar-refractivity contribution >= 4 is 23.2 Å². The minimum Gasteiger partial charge on any atom is -0.483 e. The fourth-order valence-corrected chi connectivity index (χ4v) is 3.34. The van der Waals surface area contributed by atoms with Gasteiger partial charge < -0.3 is 14.5 Å². The Hall–Kier alpha value is -3.42. The van der Waals surface area contributed by atoms with Gasteiger partial charge in [-0.25, -0.2) is 0 Å². The first kappa shape index (κ1) is 21.3. The number of likely N-dealkylation sites (tertiary alicyclic amines) is 1. The lowest BCUT2D eigenvalue weighted by molar-refractivity contribution is -0.384. The highest BCUT2D eigenvalue weighted by Gasteiger charge is 2.24. The Morgan fingerprint density at radius 2 is 1.80 bits per heavy atom. The fraction of sp³-hybridized carbons (Fsp3) is 0.364. The van der Waals surface area contributed by atoms with Crippen LogP contribution in [-0.4, -0.2) is 47.9 Å². The van der Waals surface area contributed by atoms with Gasteiger partial charge in [0.1, 0.15) is 12.3 Å². The molecule has 0 saturated carbocycles. The number of non-ortho nitro benzene ring substituents is 1. The third-order valence-electron chi connectivity index (χ3n) is 5.04. The second kappa shape index (κ2) is 9.87. The van der Waals surface area contributed by atoms with Crippen LogP contribution in [0.4, 0.5) is 11.4 Å². The van der Waals surface area contributed by atoms with Crippen LogP contribution in [0.1, 0.15) is 24.8 Å². The monoisotopic (exact) mass is 411 g/mol. The Labute approximate surface area is 175 Å². The van der Waals surface area contributed by atoms with Crippen molar-refractivity contribution in [3.8, 4) is 5.75 Å². The lowest BCUT2D eigenvalue weighted by Gasteiger charge is -2.30. The van der Waals surface area contributed by atoms with E-state index in [2.05, 4.69) is 0 Å². The summed E-state index contributed by atoms with van der Waals surface area (Å²) in [6, 6.07) is 13.0. The topological polar surface area (TPSA) is 93.0 Å². The number of anilines is 1. The van der Waals surface area contributed by atoms with E-state index in [-0.39, 0.29) is 30.5 Å². The third-order valence-corrected chi connectivity index (χ3v) is 5.04. The van der Waals surface area contributed by atoms with Gasteiger partial charge in [-0.1, -0.05) is 23.8 Å². The molecule has 1 heterocycles. The summed E-state index contributed by atoms with van der Waals surface area (Å²) in [6.45, 7) is 2.96. The van der Waals surface area contributed by atoms with Gasteiger partial charge in [0.2, 0.25) is 5.91 Å². The molecule has 2 aromatic carbocycles. The molecule has 158 valence electrons. The highest BCUT2D eigenvalue weighted by molar-refractivity contribution is 5.99. The third kappa shape index (κ3) is 5.56. The van der Waals surface area contributed by atoms with Crippen LogP contribution in [0, 0.1) is 17.0 Å². The average Bonchev–Trinajstić information content (AvgIpc) is 2.77. The van der Waals surface area contributed by atoms with E-state index in [0.29, 0.717) is 18.8 Å². The van der Waals surface area contributed by atoms with Gasteiger partial charge >= 0.3 is 0 Å². The van der Waals surface area contributed by atoms with E-state index in [1.54, 1.807) is 23.1 Å². The molecule has 0 aromatic heterocycles. The van der Waals surface area contributed by atoms with Gasteiger partial charge in [0.15, 0.2) is 6.61 Å². The Morgan fingerprint density at radius 3 is 2.47 bits per heavy atom. The molecule has 2 aromatic rings. The molecule has 0 atom stereocenters. The van der Waals surface area contributed by atoms with Crippen molar-refractivity contribution in [3.05, 3.63) is 64.2 Å². The number of aryl methyl sites for hydroxylation is 1. The Morgan fingerprint density at radius 1 is 1.10 bits per heavy atom. The molecular formula is C22H25N3O5. The maximum atomic E-state index is 12.9. The number of nitro benzene ring substituents is 1. The summed E-state index contributed by atoms with van der Waals surface area (Å²) in [7, 11) is 0. The molecule has 0 spiro atoms. The number of hydrogen-bond acceptors (Lipinski definition) is 5. The number of hydrogen-bond donors (Lipinski definition) is 0. The number of rotatable bonds is 7. The molecule has 0 bridgehead atoms. The van der Waals surface area contributed by atoms with Crippen LogP contribution in [0.15, 0.2) is 48.5 Å². The molecule has 0 N–H and O–H groups in total. The van der Waals surface area contributed by atoms with E-state index in [9.17, 15) is 19.7 Å². The summed E-state index contributed by atoms with van der Waals surface area (Å²) in [4.78, 5) is 39.3. The van der Waals surface area contributed by atoms with Crippen LogP contribution >= 0.6 is 0 Å². The number of benzene rings is 2. The first-order valence-electron chi connectivity index (χ1n) is 9.96. The summed E-state index contributed by atoms with van der Waals surface area (Å²) >= 11 is 0. The molecule has 30 heavy (non-hydrogen) atoms. The number of amides is 2. The largest absolute Gasteiger partial charge is 0.483 e. The Bertz CT molecular complexity index is 907. The van der Waals surface area contributed by atoms with E-state index >= 15 is 0 Å². The molecule has 0 aliphatic carbocycles. The Kier molecular flexibility index (Phi) is 7.00. The van der Waals surface area contributed by atoms with Crippen LogP contribution in [-0.2, 0) is 9.59 Å². The highest BCUT2D eigenvalue weighted by atomic mass is 16.6. The van der Waals surface area contributed by atoms with Crippen molar-refractivity contribution < 1.29 is 19.2 Å². The van der Waals surface area contributed by atoms with E-state index < -0.39 is 10.8 Å². The van der Waals surface area contributed by atoms with Crippen molar-refractivity contribution in [3.63, 3.8) is 0 Å². The quantitative estimate of drug-likeness (QED) is 0.515. The molecule has 2 amide bonds. The number of nitro groups is 1. The van der Waals surface area contributed by atoms with Crippen molar-refractivity contribution in [1.29, 1.82) is 0 Å². The molecule has 8 heteroatoms. The maximum Gasteiger partial charge on any atom is 0.273 e. The molecule has 1 fully saturated rings. The van der Waals surface area contributed by atoms with Crippen molar-refractivity contribution in [2.75, 3.05) is 31.1 Å². The summed E-state index contributed by atoms with van der Waals surface area (Å²) < 4.78 is 5.49.